The van der Waals surface area contributed by atoms with E-state index in [9.17, 15) is 4.79 Å². The van der Waals surface area contributed by atoms with E-state index in [1.54, 1.807) is 29.5 Å². The molecule has 134 valence electrons. The highest BCUT2D eigenvalue weighted by atomic mass is 35.5. The number of piperazine rings is 1. The molecule has 1 amide bonds. The van der Waals surface area contributed by atoms with Gasteiger partial charge in [-0.1, -0.05) is 29.3 Å². The number of hydrogen-bond acceptors (Lipinski definition) is 4. The number of nitrogens with zero attached hydrogens (tertiary/aromatic N) is 2. The Labute approximate surface area is 162 Å². The highest BCUT2D eigenvalue weighted by molar-refractivity contribution is 7.09. The summed E-state index contributed by atoms with van der Waals surface area (Å²) in [6, 6.07) is 9.14. The Morgan fingerprint density at radius 2 is 2.00 bits per heavy atom. The smallest absolute Gasteiger partial charge is 0.241 e. The summed E-state index contributed by atoms with van der Waals surface area (Å²) in [5.74, 6) is -0.0454. The van der Waals surface area contributed by atoms with E-state index in [1.807, 2.05) is 6.92 Å². The van der Waals surface area contributed by atoms with Gasteiger partial charge in [-0.3, -0.25) is 14.6 Å². The van der Waals surface area contributed by atoms with E-state index in [1.165, 1.54) is 4.88 Å². The van der Waals surface area contributed by atoms with E-state index < -0.39 is 0 Å². The van der Waals surface area contributed by atoms with Crippen molar-refractivity contribution in [2.75, 3.05) is 31.5 Å². The largest absolute Gasteiger partial charge is 0.323 e. The van der Waals surface area contributed by atoms with Crippen LogP contribution in [-0.4, -0.2) is 47.9 Å². The first-order chi connectivity index (χ1) is 12.0. The van der Waals surface area contributed by atoms with Crippen LogP contribution >= 0.6 is 34.5 Å². The van der Waals surface area contributed by atoms with Gasteiger partial charge in [0, 0.05) is 42.6 Å². The Kier molecular flexibility index (Phi) is 6.36. The third kappa shape index (κ3) is 4.96. The Hall–Kier alpha value is -1.11. The minimum absolute atomic E-state index is 0.0454. The maximum absolute atomic E-state index is 12.5. The number of benzene rings is 1. The van der Waals surface area contributed by atoms with Crippen LogP contribution in [0.15, 0.2) is 35.7 Å². The maximum atomic E-state index is 12.5. The molecule has 1 aromatic heterocycles. The van der Waals surface area contributed by atoms with Crippen LogP contribution in [-0.2, 0) is 11.3 Å². The minimum atomic E-state index is -0.198. The van der Waals surface area contributed by atoms with Gasteiger partial charge < -0.3 is 5.32 Å². The lowest BCUT2D eigenvalue weighted by atomic mass is 10.2. The lowest BCUT2D eigenvalue weighted by molar-refractivity contribution is -0.121. The first kappa shape index (κ1) is 18.7. The first-order valence-corrected chi connectivity index (χ1v) is 9.91. The van der Waals surface area contributed by atoms with Crippen molar-refractivity contribution in [3.05, 3.63) is 50.6 Å². The molecule has 0 aliphatic carbocycles. The molecule has 0 saturated carbocycles. The Morgan fingerprint density at radius 3 is 2.64 bits per heavy atom. The van der Waals surface area contributed by atoms with Crippen LogP contribution in [0.1, 0.15) is 11.8 Å². The van der Waals surface area contributed by atoms with Gasteiger partial charge in [-0.05, 0) is 36.6 Å². The third-order valence-corrected chi connectivity index (χ3v) is 5.89. The predicted octanol–water partition coefficient (Wildman–Crippen LogP) is 4.20. The average molecular weight is 398 g/mol. The summed E-state index contributed by atoms with van der Waals surface area (Å²) < 4.78 is 0. The second kappa shape index (κ2) is 8.52. The zero-order chi connectivity index (χ0) is 17.8. The molecule has 2 heterocycles. The predicted molar refractivity (Wildman–Crippen MR) is 106 cm³/mol. The second-order valence-electron chi connectivity index (χ2n) is 6.18. The highest BCUT2D eigenvalue weighted by Crippen LogP contribution is 2.25. The van der Waals surface area contributed by atoms with Crippen molar-refractivity contribution in [2.24, 2.45) is 0 Å². The van der Waals surface area contributed by atoms with Crippen molar-refractivity contribution in [3.8, 4) is 0 Å². The molecule has 1 aliphatic heterocycles. The molecule has 1 saturated heterocycles. The molecule has 1 atom stereocenters. The van der Waals surface area contributed by atoms with Crippen LogP contribution < -0.4 is 5.32 Å². The summed E-state index contributed by atoms with van der Waals surface area (Å²) in [5.41, 5.74) is 0.597. The van der Waals surface area contributed by atoms with Crippen molar-refractivity contribution in [1.82, 2.24) is 9.80 Å². The molecule has 1 fully saturated rings. The van der Waals surface area contributed by atoms with E-state index in [0.717, 1.165) is 32.7 Å². The van der Waals surface area contributed by atoms with E-state index in [0.29, 0.717) is 15.7 Å². The van der Waals surface area contributed by atoms with Crippen molar-refractivity contribution >= 4 is 46.1 Å². The van der Waals surface area contributed by atoms with E-state index in [2.05, 4.69) is 32.6 Å². The fraction of sp³-hybridized carbons (Fsp3) is 0.389. The molecular formula is C18H21Cl2N3OS. The summed E-state index contributed by atoms with van der Waals surface area (Å²) in [6.07, 6.45) is 0. The lowest BCUT2D eigenvalue weighted by Gasteiger charge is -2.37. The van der Waals surface area contributed by atoms with E-state index >= 15 is 0 Å². The topological polar surface area (TPSA) is 35.6 Å². The number of carbonyl (C=O) groups is 1. The third-order valence-electron chi connectivity index (χ3n) is 4.48. The van der Waals surface area contributed by atoms with Gasteiger partial charge in [0.1, 0.15) is 0 Å². The summed E-state index contributed by atoms with van der Waals surface area (Å²) in [7, 11) is 0. The lowest BCUT2D eigenvalue weighted by Crippen LogP contribution is -2.52. The van der Waals surface area contributed by atoms with Crippen LogP contribution in [0.3, 0.4) is 0 Å². The number of hydrogen-bond donors (Lipinski definition) is 1. The number of rotatable bonds is 5. The standard InChI is InChI=1S/C18H21Cl2N3OS/c1-13(18(24)21-17-5-4-14(19)11-16(17)20)23-8-6-22(7-9-23)12-15-3-2-10-25-15/h2-5,10-11,13H,6-9,12H2,1H3,(H,21,24). The molecule has 1 N–H and O–H groups in total. The van der Waals surface area contributed by atoms with Crippen molar-refractivity contribution < 1.29 is 4.79 Å². The summed E-state index contributed by atoms with van der Waals surface area (Å²) in [6.45, 7) is 6.64. The van der Waals surface area contributed by atoms with Gasteiger partial charge in [0.25, 0.3) is 0 Å². The SMILES string of the molecule is CC(C(=O)Nc1ccc(Cl)cc1Cl)N1CCN(Cc2cccs2)CC1. The quantitative estimate of drug-likeness (QED) is 0.820. The van der Waals surface area contributed by atoms with Crippen LogP contribution in [0.5, 0.6) is 0 Å². The van der Waals surface area contributed by atoms with Gasteiger partial charge in [0.2, 0.25) is 5.91 Å². The monoisotopic (exact) mass is 397 g/mol. The molecule has 0 radical (unpaired) electrons. The van der Waals surface area contributed by atoms with Crippen LogP contribution in [0.4, 0.5) is 5.69 Å². The molecule has 0 spiro atoms. The van der Waals surface area contributed by atoms with Crippen LogP contribution in [0, 0.1) is 0 Å². The number of halogens is 2. The molecule has 2 aromatic rings. The van der Waals surface area contributed by atoms with E-state index in [4.69, 9.17) is 23.2 Å². The number of thiophene rings is 1. The van der Waals surface area contributed by atoms with Crippen molar-refractivity contribution in [3.63, 3.8) is 0 Å². The number of carbonyl (C=O) groups excluding carboxylic acids is 1. The van der Waals surface area contributed by atoms with Gasteiger partial charge in [-0.2, -0.15) is 0 Å². The number of anilines is 1. The molecule has 7 heteroatoms. The van der Waals surface area contributed by atoms with Gasteiger partial charge in [-0.25, -0.2) is 0 Å². The molecule has 1 aromatic carbocycles. The normalized spacial score (nSPS) is 17.4. The zero-order valence-corrected chi connectivity index (χ0v) is 16.4. The Bertz CT molecular complexity index is 715. The molecule has 3 rings (SSSR count). The molecule has 25 heavy (non-hydrogen) atoms. The number of nitrogens with one attached hydrogen (secondary N) is 1. The maximum Gasteiger partial charge on any atom is 0.241 e. The van der Waals surface area contributed by atoms with Gasteiger partial charge in [-0.15, -0.1) is 11.3 Å². The summed E-state index contributed by atoms with van der Waals surface area (Å²) in [4.78, 5) is 18.6. The second-order valence-corrected chi connectivity index (χ2v) is 8.06. The van der Waals surface area contributed by atoms with Gasteiger partial charge in [0.05, 0.1) is 16.8 Å². The zero-order valence-electron chi connectivity index (χ0n) is 14.0. The molecular weight excluding hydrogens is 377 g/mol. The fourth-order valence-corrected chi connectivity index (χ4v) is 4.13. The first-order valence-electron chi connectivity index (χ1n) is 8.27. The van der Waals surface area contributed by atoms with Crippen LogP contribution in [0.2, 0.25) is 10.0 Å². The molecule has 1 unspecified atom stereocenters. The van der Waals surface area contributed by atoms with Crippen LogP contribution in [0.25, 0.3) is 0 Å². The fourth-order valence-electron chi connectivity index (χ4n) is 2.93. The Morgan fingerprint density at radius 1 is 1.24 bits per heavy atom. The number of amides is 1. The van der Waals surface area contributed by atoms with Crippen molar-refractivity contribution in [1.29, 1.82) is 0 Å². The minimum Gasteiger partial charge on any atom is -0.323 e. The van der Waals surface area contributed by atoms with E-state index in [-0.39, 0.29) is 11.9 Å². The van der Waals surface area contributed by atoms with Gasteiger partial charge >= 0.3 is 0 Å². The molecule has 1 aliphatic rings. The summed E-state index contributed by atoms with van der Waals surface area (Å²) >= 11 is 13.8. The average Bonchev–Trinajstić information content (AvgIpc) is 3.10. The highest BCUT2D eigenvalue weighted by Gasteiger charge is 2.26. The van der Waals surface area contributed by atoms with Crippen molar-refractivity contribution in [2.45, 2.75) is 19.5 Å². The summed E-state index contributed by atoms with van der Waals surface area (Å²) in [5, 5.41) is 6.02. The van der Waals surface area contributed by atoms with Gasteiger partial charge in [0.15, 0.2) is 0 Å². The molecule has 4 nitrogen and oxygen atoms in total. The Balaban J connectivity index is 1.51. The molecule has 0 bridgehead atoms.